The number of hydrogen-bond acceptors (Lipinski definition) is 5. The largest absolute Gasteiger partial charge is 0.497 e. The van der Waals surface area contributed by atoms with E-state index in [-0.39, 0.29) is 11.4 Å². The number of hydrogen-bond donors (Lipinski definition) is 2. The number of fused-ring (bicyclic) bond motifs is 5. The lowest BCUT2D eigenvalue weighted by Gasteiger charge is -2.29. The summed E-state index contributed by atoms with van der Waals surface area (Å²) in [7, 11) is 3.04. The van der Waals surface area contributed by atoms with Crippen LogP contribution in [0.4, 0.5) is 18.9 Å². The molecule has 2 saturated heterocycles. The number of halogens is 3. The van der Waals surface area contributed by atoms with Gasteiger partial charge < -0.3 is 19.9 Å². The van der Waals surface area contributed by atoms with E-state index in [1.807, 2.05) is 13.1 Å². The summed E-state index contributed by atoms with van der Waals surface area (Å²) in [6, 6.07) is 3.12. The number of amides is 1. The minimum Gasteiger partial charge on any atom is -0.497 e. The fraction of sp³-hybridized carbons (Fsp3) is 0.524. The zero-order valence-corrected chi connectivity index (χ0v) is 17.2. The van der Waals surface area contributed by atoms with Gasteiger partial charge in [-0.2, -0.15) is 18.3 Å². The topological polar surface area (TPSA) is 85.6 Å². The molecular weight excluding hydrogens is 415 g/mol. The summed E-state index contributed by atoms with van der Waals surface area (Å²) >= 11 is 0. The van der Waals surface area contributed by atoms with Crippen molar-refractivity contribution in [3.63, 3.8) is 0 Å². The highest BCUT2D eigenvalue weighted by Crippen LogP contribution is 2.78. The summed E-state index contributed by atoms with van der Waals surface area (Å²) in [4.78, 5) is 13.5. The van der Waals surface area contributed by atoms with E-state index in [9.17, 15) is 23.1 Å². The zero-order valence-electron chi connectivity index (χ0n) is 17.2. The number of nitrogens with zero attached hydrogens (tertiary/aromatic N) is 2. The second-order valence-electron chi connectivity index (χ2n) is 8.67. The fourth-order valence-electron chi connectivity index (χ4n) is 5.73. The van der Waals surface area contributed by atoms with Gasteiger partial charge in [-0.1, -0.05) is 0 Å². The normalized spacial score (nSPS) is 33.3. The van der Waals surface area contributed by atoms with E-state index in [4.69, 9.17) is 9.47 Å². The van der Waals surface area contributed by atoms with Gasteiger partial charge in [0.2, 0.25) is 5.91 Å². The van der Waals surface area contributed by atoms with Crippen molar-refractivity contribution in [1.82, 2.24) is 9.78 Å². The number of alkyl halides is 3. The fourth-order valence-corrected chi connectivity index (χ4v) is 5.73. The molecule has 2 aromatic rings. The van der Waals surface area contributed by atoms with Crippen LogP contribution in [-0.4, -0.2) is 46.2 Å². The van der Waals surface area contributed by atoms with Crippen molar-refractivity contribution >= 4 is 11.6 Å². The van der Waals surface area contributed by atoms with Crippen LogP contribution >= 0.6 is 0 Å². The Morgan fingerprint density at radius 1 is 1.39 bits per heavy atom. The second kappa shape index (κ2) is 6.23. The van der Waals surface area contributed by atoms with E-state index in [2.05, 4.69) is 10.4 Å². The van der Waals surface area contributed by atoms with Crippen molar-refractivity contribution < 1.29 is 32.5 Å². The monoisotopic (exact) mass is 437 g/mol. The summed E-state index contributed by atoms with van der Waals surface area (Å²) in [5.41, 5.74) is -1.06. The van der Waals surface area contributed by atoms with Gasteiger partial charge in [0.05, 0.1) is 42.1 Å². The highest BCUT2D eigenvalue weighted by Gasteiger charge is 2.87. The Kier molecular flexibility index (Phi) is 4.08. The Balaban J connectivity index is 1.52. The predicted octanol–water partition coefficient (Wildman–Crippen LogP) is 2.55. The average Bonchev–Trinajstić information content (AvgIpc) is 2.91. The first kappa shape index (κ1) is 20.3. The maximum absolute atomic E-state index is 13.5. The number of carbonyl (C=O) groups excluding carboxylic acids is 1. The SMILES string of the molecule is COc1cc(NC(=O)[C@]23C[C@@]2(c2cn(C)nc2C)[C@H]2O[C@@H]3C[C@@H]2O)cc(C(F)(F)F)c1. The minimum absolute atomic E-state index is 0.00178. The summed E-state index contributed by atoms with van der Waals surface area (Å²) in [6.45, 7) is 1.83. The number of ether oxygens (including phenoxy) is 2. The van der Waals surface area contributed by atoms with Crippen LogP contribution in [-0.2, 0) is 28.2 Å². The van der Waals surface area contributed by atoms with Crippen molar-refractivity contribution in [3.8, 4) is 5.75 Å². The van der Waals surface area contributed by atoms with Crippen molar-refractivity contribution in [3.05, 3.63) is 41.2 Å². The number of methoxy groups -OCH3 is 1. The molecule has 2 aliphatic heterocycles. The number of aliphatic hydroxyl groups is 1. The third kappa shape index (κ3) is 2.61. The number of aliphatic hydroxyl groups excluding tert-OH is 1. The molecule has 31 heavy (non-hydrogen) atoms. The molecule has 2 bridgehead atoms. The Labute approximate surface area is 176 Å². The first-order valence-electron chi connectivity index (χ1n) is 9.95. The Morgan fingerprint density at radius 3 is 2.74 bits per heavy atom. The summed E-state index contributed by atoms with van der Waals surface area (Å²) in [5.74, 6) is -0.427. The quantitative estimate of drug-likeness (QED) is 0.768. The van der Waals surface area contributed by atoms with E-state index in [1.54, 1.807) is 11.7 Å². The van der Waals surface area contributed by atoms with Crippen LogP contribution < -0.4 is 10.1 Å². The molecule has 1 aliphatic carbocycles. The van der Waals surface area contributed by atoms with Crippen LogP contribution in [0.5, 0.6) is 5.75 Å². The molecule has 7 nitrogen and oxygen atoms in total. The highest BCUT2D eigenvalue weighted by molar-refractivity contribution is 6.01. The molecule has 1 aromatic heterocycles. The van der Waals surface area contributed by atoms with Gasteiger partial charge in [-0.15, -0.1) is 0 Å². The van der Waals surface area contributed by atoms with Crippen molar-refractivity contribution in [2.24, 2.45) is 12.5 Å². The molecule has 0 spiro atoms. The van der Waals surface area contributed by atoms with E-state index in [1.165, 1.54) is 13.2 Å². The van der Waals surface area contributed by atoms with Gasteiger partial charge in [-0.3, -0.25) is 9.48 Å². The van der Waals surface area contributed by atoms with E-state index in [0.29, 0.717) is 12.8 Å². The van der Waals surface area contributed by atoms with Crippen LogP contribution in [0.25, 0.3) is 0 Å². The Morgan fingerprint density at radius 2 is 2.13 bits per heavy atom. The van der Waals surface area contributed by atoms with Crippen LogP contribution in [0.1, 0.15) is 29.7 Å². The molecule has 3 fully saturated rings. The molecule has 1 amide bonds. The van der Waals surface area contributed by atoms with E-state index < -0.39 is 46.8 Å². The van der Waals surface area contributed by atoms with E-state index in [0.717, 1.165) is 23.4 Å². The van der Waals surface area contributed by atoms with Crippen LogP contribution in [0.3, 0.4) is 0 Å². The van der Waals surface area contributed by atoms with Gasteiger partial charge in [0.25, 0.3) is 0 Å². The Hall–Kier alpha value is -2.59. The van der Waals surface area contributed by atoms with Gasteiger partial charge in [-0.25, -0.2) is 0 Å². The molecule has 1 aromatic carbocycles. The lowest BCUT2D eigenvalue weighted by Crippen LogP contribution is -2.44. The zero-order chi connectivity index (χ0) is 22.3. The molecule has 10 heteroatoms. The van der Waals surface area contributed by atoms with Crippen molar-refractivity contribution in [2.75, 3.05) is 12.4 Å². The second-order valence-corrected chi connectivity index (χ2v) is 8.67. The third-order valence-corrected chi connectivity index (χ3v) is 7.01. The number of nitrogens with one attached hydrogen (secondary N) is 1. The first-order chi connectivity index (χ1) is 14.5. The summed E-state index contributed by atoms with van der Waals surface area (Å²) in [5, 5.41) is 17.5. The molecule has 3 heterocycles. The molecule has 0 radical (unpaired) electrons. The highest BCUT2D eigenvalue weighted by atomic mass is 19.4. The molecular formula is C21H22F3N3O4. The standard InChI is InChI=1S/C21H22F3N3O4/c1-10-14(8-27(2)26-10)19-9-20(19,16-7-15(28)17(19)31-16)18(29)25-12-4-11(21(22,23)24)5-13(6-12)30-3/h4-6,8,15-17,28H,7,9H2,1-3H3,(H,25,29)/t15-,16+,17-,19+,20+/m0/s1. The van der Waals surface area contributed by atoms with Crippen LogP contribution in [0.15, 0.2) is 24.4 Å². The Bertz CT molecular complexity index is 1080. The van der Waals surface area contributed by atoms with Gasteiger partial charge in [0.1, 0.15) is 5.75 Å². The smallest absolute Gasteiger partial charge is 0.416 e. The third-order valence-electron chi connectivity index (χ3n) is 7.01. The van der Waals surface area contributed by atoms with Crippen molar-refractivity contribution in [1.29, 1.82) is 0 Å². The average molecular weight is 437 g/mol. The molecule has 5 atom stereocenters. The predicted molar refractivity (Wildman–Crippen MR) is 103 cm³/mol. The molecule has 1 saturated carbocycles. The maximum atomic E-state index is 13.5. The molecule has 166 valence electrons. The van der Waals surface area contributed by atoms with Gasteiger partial charge in [0.15, 0.2) is 0 Å². The number of rotatable bonds is 4. The lowest BCUT2D eigenvalue weighted by molar-refractivity contribution is -0.137. The first-order valence-corrected chi connectivity index (χ1v) is 9.95. The molecule has 0 unspecified atom stereocenters. The van der Waals surface area contributed by atoms with Gasteiger partial charge in [-0.05, 0) is 25.5 Å². The molecule has 5 rings (SSSR count). The number of aromatic nitrogens is 2. The minimum atomic E-state index is -4.58. The van der Waals surface area contributed by atoms with Gasteiger partial charge in [0, 0.05) is 42.4 Å². The summed E-state index contributed by atoms with van der Waals surface area (Å²) in [6.07, 6.45) is -3.77. The van der Waals surface area contributed by atoms with Gasteiger partial charge >= 0.3 is 6.18 Å². The van der Waals surface area contributed by atoms with Crippen LogP contribution in [0, 0.1) is 12.3 Å². The number of anilines is 1. The van der Waals surface area contributed by atoms with Crippen LogP contribution in [0.2, 0.25) is 0 Å². The van der Waals surface area contributed by atoms with E-state index >= 15 is 0 Å². The van der Waals surface area contributed by atoms with Crippen molar-refractivity contribution in [2.45, 2.75) is 49.7 Å². The number of aryl methyl sites for hydroxylation is 2. The lowest BCUT2D eigenvalue weighted by atomic mass is 9.74. The molecule has 2 N–H and O–H groups in total. The number of carbonyl (C=O) groups is 1. The number of benzene rings is 1. The molecule has 3 aliphatic rings. The summed E-state index contributed by atoms with van der Waals surface area (Å²) < 4.78 is 52.5. The maximum Gasteiger partial charge on any atom is 0.416 e.